The van der Waals surface area contributed by atoms with Crippen molar-refractivity contribution in [2.24, 2.45) is 0 Å². The third-order valence-electron chi connectivity index (χ3n) is 4.68. The number of para-hydroxylation sites is 1. The highest BCUT2D eigenvalue weighted by Gasteiger charge is 2.23. The van der Waals surface area contributed by atoms with Gasteiger partial charge in [0.05, 0.1) is 16.1 Å². The number of nitrogens with one attached hydrogen (secondary N) is 1. The zero-order valence-electron chi connectivity index (χ0n) is 16.1. The van der Waals surface area contributed by atoms with Gasteiger partial charge in [0, 0.05) is 30.2 Å². The van der Waals surface area contributed by atoms with Gasteiger partial charge < -0.3 is 5.32 Å². The van der Waals surface area contributed by atoms with Crippen LogP contribution in [0.3, 0.4) is 0 Å². The number of fused-ring (bicyclic) bond motifs is 1. The van der Waals surface area contributed by atoms with Gasteiger partial charge in [-0.15, -0.1) is 0 Å². The minimum absolute atomic E-state index is 0.114. The van der Waals surface area contributed by atoms with Crippen molar-refractivity contribution in [1.82, 2.24) is 9.29 Å². The van der Waals surface area contributed by atoms with E-state index in [1.165, 1.54) is 10.4 Å². The smallest absolute Gasteiger partial charge is 0.256 e. The van der Waals surface area contributed by atoms with E-state index in [0.29, 0.717) is 35.4 Å². The Morgan fingerprint density at radius 3 is 2.50 bits per heavy atom. The zero-order chi connectivity index (χ0) is 20.3. The summed E-state index contributed by atoms with van der Waals surface area (Å²) in [5, 5.41) is 3.78. The highest BCUT2D eigenvalue weighted by atomic mass is 32.2. The van der Waals surface area contributed by atoms with E-state index in [-0.39, 0.29) is 10.8 Å². The number of carbonyl (C=O) groups excluding carboxylic acids is 1. The molecule has 0 bridgehead atoms. The number of aromatic nitrogens is 1. The molecule has 1 amide bonds. The van der Waals surface area contributed by atoms with E-state index < -0.39 is 10.0 Å². The van der Waals surface area contributed by atoms with Crippen molar-refractivity contribution >= 4 is 32.5 Å². The topological polar surface area (TPSA) is 79.4 Å². The maximum atomic E-state index is 12.9. The van der Waals surface area contributed by atoms with E-state index in [9.17, 15) is 13.2 Å². The fraction of sp³-hybridized carbons (Fsp3) is 0.238. The molecule has 0 saturated carbocycles. The van der Waals surface area contributed by atoms with Crippen LogP contribution in [-0.4, -0.2) is 36.7 Å². The van der Waals surface area contributed by atoms with E-state index in [4.69, 9.17) is 0 Å². The second-order valence-corrected chi connectivity index (χ2v) is 8.34. The third-order valence-corrected chi connectivity index (χ3v) is 6.72. The summed E-state index contributed by atoms with van der Waals surface area (Å²) in [6, 6.07) is 13.9. The number of hydrogen-bond acceptors (Lipinski definition) is 4. The Kier molecular flexibility index (Phi) is 5.76. The molecule has 2 aromatic carbocycles. The molecule has 28 heavy (non-hydrogen) atoms. The van der Waals surface area contributed by atoms with Gasteiger partial charge in [0.25, 0.3) is 5.91 Å². The van der Waals surface area contributed by atoms with Crippen LogP contribution in [0.5, 0.6) is 0 Å². The van der Waals surface area contributed by atoms with Gasteiger partial charge in [-0.05, 0) is 36.8 Å². The lowest BCUT2D eigenvalue weighted by Gasteiger charge is -2.19. The zero-order valence-corrected chi connectivity index (χ0v) is 17.0. The molecule has 0 aliphatic heterocycles. The number of pyridine rings is 1. The molecule has 0 saturated heterocycles. The van der Waals surface area contributed by atoms with Crippen LogP contribution in [0.2, 0.25) is 0 Å². The molecule has 0 aliphatic rings. The van der Waals surface area contributed by atoms with Crippen LogP contribution in [0.1, 0.15) is 29.8 Å². The summed E-state index contributed by atoms with van der Waals surface area (Å²) < 4.78 is 27.0. The largest absolute Gasteiger partial charge is 0.320 e. The maximum absolute atomic E-state index is 12.9. The number of hydrogen-bond donors (Lipinski definition) is 1. The van der Waals surface area contributed by atoms with Crippen molar-refractivity contribution in [1.29, 1.82) is 0 Å². The summed E-state index contributed by atoms with van der Waals surface area (Å²) in [6.45, 7) is 6.10. The van der Waals surface area contributed by atoms with E-state index in [1.54, 1.807) is 45.2 Å². The third kappa shape index (κ3) is 3.76. The van der Waals surface area contributed by atoms with Crippen molar-refractivity contribution in [3.05, 3.63) is 65.9 Å². The summed E-state index contributed by atoms with van der Waals surface area (Å²) >= 11 is 0. The van der Waals surface area contributed by atoms with E-state index >= 15 is 0 Å². The molecule has 0 atom stereocenters. The number of carbonyl (C=O) groups is 1. The average Bonchev–Trinajstić information content (AvgIpc) is 2.69. The van der Waals surface area contributed by atoms with Crippen LogP contribution >= 0.6 is 0 Å². The first-order chi connectivity index (χ1) is 13.4. The van der Waals surface area contributed by atoms with Crippen LogP contribution < -0.4 is 5.32 Å². The monoisotopic (exact) mass is 397 g/mol. The van der Waals surface area contributed by atoms with E-state index in [0.717, 1.165) is 5.39 Å². The normalized spacial score (nSPS) is 11.7. The van der Waals surface area contributed by atoms with E-state index in [1.807, 2.05) is 24.3 Å². The van der Waals surface area contributed by atoms with Crippen molar-refractivity contribution in [3.63, 3.8) is 0 Å². The second kappa shape index (κ2) is 8.08. The molecule has 3 rings (SSSR count). The Morgan fingerprint density at radius 1 is 1.07 bits per heavy atom. The Labute approximate surface area is 165 Å². The quantitative estimate of drug-likeness (QED) is 0.686. The lowest BCUT2D eigenvalue weighted by atomic mass is 10.1. The van der Waals surface area contributed by atoms with Crippen molar-refractivity contribution < 1.29 is 13.2 Å². The molecule has 1 N–H and O–H groups in total. The van der Waals surface area contributed by atoms with Gasteiger partial charge in [0.1, 0.15) is 0 Å². The van der Waals surface area contributed by atoms with Crippen LogP contribution in [0, 0.1) is 6.92 Å². The average molecular weight is 398 g/mol. The van der Waals surface area contributed by atoms with Crippen molar-refractivity contribution in [3.8, 4) is 0 Å². The fourth-order valence-electron chi connectivity index (χ4n) is 3.11. The number of nitrogens with zero attached hydrogens (tertiary/aromatic N) is 2. The van der Waals surface area contributed by atoms with Crippen LogP contribution in [0.4, 0.5) is 5.69 Å². The van der Waals surface area contributed by atoms with Crippen LogP contribution in [0.15, 0.2) is 59.6 Å². The first kappa shape index (κ1) is 20.0. The standard InChI is InChI=1S/C21H23N3O3S/c1-4-24(5-2)28(26,27)17-12-11-15(3)18(14-17)21(25)23-19-10-6-8-16-9-7-13-22-20(16)19/h6-14H,4-5H2,1-3H3,(H,23,25). The number of rotatable bonds is 6. The molecule has 146 valence electrons. The maximum Gasteiger partial charge on any atom is 0.256 e. The molecular weight excluding hydrogens is 374 g/mol. The number of sulfonamides is 1. The van der Waals surface area contributed by atoms with E-state index in [2.05, 4.69) is 10.3 Å². The molecule has 0 spiro atoms. The Hall–Kier alpha value is -2.77. The minimum atomic E-state index is -3.64. The molecule has 3 aromatic rings. The van der Waals surface area contributed by atoms with Gasteiger partial charge in [-0.3, -0.25) is 9.78 Å². The molecule has 6 nitrogen and oxygen atoms in total. The van der Waals surface area contributed by atoms with Gasteiger partial charge >= 0.3 is 0 Å². The summed E-state index contributed by atoms with van der Waals surface area (Å²) in [4.78, 5) is 17.4. The SMILES string of the molecule is CCN(CC)S(=O)(=O)c1ccc(C)c(C(=O)Nc2cccc3cccnc23)c1. The van der Waals surface area contributed by atoms with Gasteiger partial charge in [-0.1, -0.05) is 38.1 Å². The predicted molar refractivity (Wildman–Crippen MR) is 111 cm³/mol. The minimum Gasteiger partial charge on any atom is -0.320 e. The van der Waals surface area contributed by atoms with Gasteiger partial charge in [-0.25, -0.2) is 8.42 Å². The Balaban J connectivity index is 1.98. The number of benzene rings is 2. The molecular formula is C21H23N3O3S. The first-order valence-electron chi connectivity index (χ1n) is 9.14. The Morgan fingerprint density at radius 2 is 1.79 bits per heavy atom. The Bertz CT molecular complexity index is 1120. The number of anilines is 1. The summed E-state index contributed by atoms with van der Waals surface area (Å²) in [5.74, 6) is -0.368. The molecule has 0 radical (unpaired) electrons. The highest BCUT2D eigenvalue weighted by Crippen LogP contribution is 2.24. The predicted octanol–water partition coefficient (Wildman–Crippen LogP) is 3.83. The van der Waals surface area contributed by atoms with Gasteiger partial charge in [0.15, 0.2) is 0 Å². The molecule has 0 aliphatic carbocycles. The fourth-order valence-corrected chi connectivity index (χ4v) is 4.60. The summed E-state index contributed by atoms with van der Waals surface area (Å²) in [6.07, 6.45) is 1.67. The molecule has 0 unspecified atom stereocenters. The van der Waals surface area contributed by atoms with Crippen molar-refractivity contribution in [2.45, 2.75) is 25.7 Å². The van der Waals surface area contributed by atoms with Crippen molar-refractivity contribution in [2.75, 3.05) is 18.4 Å². The highest BCUT2D eigenvalue weighted by molar-refractivity contribution is 7.89. The molecule has 7 heteroatoms. The molecule has 1 heterocycles. The lowest BCUT2D eigenvalue weighted by molar-refractivity contribution is 0.102. The van der Waals surface area contributed by atoms with Gasteiger partial charge in [0.2, 0.25) is 10.0 Å². The first-order valence-corrected chi connectivity index (χ1v) is 10.6. The number of aryl methyl sites for hydroxylation is 1. The summed E-state index contributed by atoms with van der Waals surface area (Å²) in [5.41, 5.74) is 2.28. The van der Waals surface area contributed by atoms with Crippen LogP contribution in [-0.2, 0) is 10.0 Å². The molecule has 0 fully saturated rings. The molecule has 1 aromatic heterocycles. The van der Waals surface area contributed by atoms with Crippen LogP contribution in [0.25, 0.3) is 10.9 Å². The van der Waals surface area contributed by atoms with Gasteiger partial charge in [-0.2, -0.15) is 4.31 Å². The second-order valence-electron chi connectivity index (χ2n) is 6.40. The lowest BCUT2D eigenvalue weighted by Crippen LogP contribution is -2.30. The summed E-state index contributed by atoms with van der Waals surface area (Å²) in [7, 11) is -3.64. The number of amides is 1.